The number of hydrogen-bond donors (Lipinski definition) is 1. The molecule has 1 aromatic carbocycles. The van der Waals surface area contributed by atoms with Gasteiger partial charge in [-0.2, -0.15) is 0 Å². The first kappa shape index (κ1) is 18.6. The van der Waals surface area contributed by atoms with E-state index in [-0.39, 0.29) is 18.4 Å². The van der Waals surface area contributed by atoms with Crippen molar-refractivity contribution in [2.45, 2.75) is 38.2 Å². The van der Waals surface area contributed by atoms with Crippen LogP contribution in [-0.4, -0.2) is 48.3 Å². The fraction of sp³-hybridized carbons (Fsp3) is 0.571. The summed E-state index contributed by atoms with van der Waals surface area (Å²) in [6.07, 6.45) is 8.94. The van der Waals surface area contributed by atoms with E-state index in [1.54, 1.807) is 25.3 Å². The van der Waals surface area contributed by atoms with Crippen molar-refractivity contribution in [2.75, 3.05) is 26.8 Å². The van der Waals surface area contributed by atoms with E-state index in [0.717, 1.165) is 25.7 Å². The first-order valence-electron chi connectivity index (χ1n) is 9.28. The highest BCUT2D eigenvalue weighted by molar-refractivity contribution is 5.95. The summed E-state index contributed by atoms with van der Waals surface area (Å²) in [5.41, 5.74) is -0.0876. The molecule has 3 rings (SSSR count). The van der Waals surface area contributed by atoms with E-state index in [1.165, 1.54) is 0 Å². The number of methoxy groups -OCH3 is 1. The SMILES string of the molecule is C#CCOc1cc(C(=O)N2C[C@H]3CCC[C@](O)(CC)[C@H]3C2)ccc1OC. The lowest BCUT2D eigenvalue weighted by atomic mass is 9.69. The lowest BCUT2D eigenvalue weighted by Gasteiger charge is -2.40. The molecule has 1 aromatic rings. The number of benzene rings is 1. The molecule has 2 fully saturated rings. The maximum atomic E-state index is 13.0. The molecule has 1 aliphatic heterocycles. The number of hydrogen-bond acceptors (Lipinski definition) is 4. The highest BCUT2D eigenvalue weighted by Gasteiger charge is 2.48. The molecule has 5 heteroatoms. The van der Waals surface area contributed by atoms with Gasteiger partial charge in [-0.15, -0.1) is 6.42 Å². The molecule has 1 heterocycles. The molecule has 3 atom stereocenters. The maximum absolute atomic E-state index is 13.0. The summed E-state index contributed by atoms with van der Waals surface area (Å²) in [7, 11) is 1.55. The van der Waals surface area contributed by atoms with Gasteiger partial charge in [-0.1, -0.05) is 19.3 Å². The van der Waals surface area contributed by atoms with E-state index >= 15 is 0 Å². The minimum absolute atomic E-state index is 0.0361. The van der Waals surface area contributed by atoms with E-state index in [4.69, 9.17) is 15.9 Å². The molecular formula is C21H27NO4. The Balaban J connectivity index is 1.79. The summed E-state index contributed by atoms with van der Waals surface area (Å²) >= 11 is 0. The minimum Gasteiger partial charge on any atom is -0.493 e. The molecule has 1 saturated carbocycles. The topological polar surface area (TPSA) is 59.0 Å². The van der Waals surface area contributed by atoms with Gasteiger partial charge in [0.1, 0.15) is 6.61 Å². The fourth-order valence-corrected chi connectivity index (χ4v) is 4.46. The van der Waals surface area contributed by atoms with E-state index < -0.39 is 5.60 Å². The molecular weight excluding hydrogens is 330 g/mol. The molecule has 0 aromatic heterocycles. The summed E-state index contributed by atoms with van der Waals surface area (Å²) in [5.74, 6) is 3.95. The van der Waals surface area contributed by atoms with Crippen LogP contribution in [0, 0.1) is 24.2 Å². The number of carbonyl (C=O) groups is 1. The number of carbonyl (C=O) groups excluding carboxylic acids is 1. The quantitative estimate of drug-likeness (QED) is 0.823. The first-order chi connectivity index (χ1) is 12.5. The minimum atomic E-state index is -0.640. The Morgan fingerprint density at radius 3 is 2.92 bits per heavy atom. The average molecular weight is 357 g/mol. The predicted molar refractivity (Wildman–Crippen MR) is 99.3 cm³/mol. The summed E-state index contributed by atoms with van der Waals surface area (Å²) in [4.78, 5) is 14.9. The third kappa shape index (κ3) is 3.39. The number of ether oxygens (including phenoxy) is 2. The van der Waals surface area contributed by atoms with Gasteiger partial charge < -0.3 is 19.5 Å². The first-order valence-corrected chi connectivity index (χ1v) is 9.28. The predicted octanol–water partition coefficient (Wildman–Crippen LogP) is 2.72. The second-order valence-electron chi connectivity index (χ2n) is 7.28. The van der Waals surface area contributed by atoms with Crippen LogP contribution in [0.4, 0.5) is 0 Å². The molecule has 1 aliphatic carbocycles. The van der Waals surface area contributed by atoms with Gasteiger partial charge in [-0.25, -0.2) is 0 Å². The zero-order chi connectivity index (χ0) is 18.7. The van der Waals surface area contributed by atoms with Gasteiger partial charge in [0.05, 0.1) is 12.7 Å². The van der Waals surface area contributed by atoms with Gasteiger partial charge >= 0.3 is 0 Å². The van der Waals surface area contributed by atoms with Crippen LogP contribution in [0.2, 0.25) is 0 Å². The van der Waals surface area contributed by atoms with Crippen molar-refractivity contribution in [3.05, 3.63) is 23.8 Å². The van der Waals surface area contributed by atoms with Crippen LogP contribution in [0.5, 0.6) is 11.5 Å². The molecule has 0 unspecified atom stereocenters. The Morgan fingerprint density at radius 2 is 2.23 bits per heavy atom. The van der Waals surface area contributed by atoms with Gasteiger partial charge in [0, 0.05) is 24.6 Å². The fourth-order valence-electron chi connectivity index (χ4n) is 4.46. The van der Waals surface area contributed by atoms with Crippen molar-refractivity contribution in [3.63, 3.8) is 0 Å². The Labute approximate surface area is 155 Å². The van der Waals surface area contributed by atoms with Crippen LogP contribution in [-0.2, 0) is 0 Å². The third-order valence-electron chi connectivity index (χ3n) is 5.94. The molecule has 1 saturated heterocycles. The Kier molecular flexibility index (Phi) is 5.43. The van der Waals surface area contributed by atoms with Crippen LogP contribution in [0.3, 0.4) is 0 Å². The second-order valence-corrected chi connectivity index (χ2v) is 7.28. The highest BCUT2D eigenvalue weighted by atomic mass is 16.5. The van der Waals surface area contributed by atoms with Gasteiger partial charge in [0.2, 0.25) is 0 Å². The normalized spacial score (nSPS) is 27.5. The Hall–Kier alpha value is -2.19. The molecule has 26 heavy (non-hydrogen) atoms. The number of amides is 1. The lowest BCUT2D eigenvalue weighted by Crippen LogP contribution is -2.44. The van der Waals surface area contributed by atoms with Crippen LogP contribution >= 0.6 is 0 Å². The number of terminal acetylenes is 1. The molecule has 0 radical (unpaired) electrons. The smallest absolute Gasteiger partial charge is 0.254 e. The number of nitrogens with zero attached hydrogens (tertiary/aromatic N) is 1. The van der Waals surface area contributed by atoms with Crippen LogP contribution < -0.4 is 9.47 Å². The standard InChI is InChI=1S/C21H27NO4/c1-4-11-26-19-12-15(8-9-18(19)25-3)20(23)22-13-16-7-6-10-21(24,5-2)17(16)14-22/h1,8-9,12,16-17,24H,5-7,10-11,13-14H2,2-3H3/t16-,17+,21-/m1/s1. The van der Waals surface area contributed by atoms with E-state index in [9.17, 15) is 9.90 Å². The molecule has 1 amide bonds. The summed E-state index contributed by atoms with van der Waals surface area (Å²) in [5, 5.41) is 10.9. The largest absolute Gasteiger partial charge is 0.493 e. The summed E-state index contributed by atoms with van der Waals surface area (Å²) in [6, 6.07) is 5.16. The number of likely N-dealkylation sites (tertiary alicyclic amines) is 1. The Bertz CT molecular complexity index is 710. The maximum Gasteiger partial charge on any atom is 0.254 e. The highest BCUT2D eigenvalue weighted by Crippen LogP contribution is 2.44. The van der Waals surface area contributed by atoms with E-state index in [0.29, 0.717) is 36.1 Å². The van der Waals surface area contributed by atoms with Crippen molar-refractivity contribution >= 4 is 5.91 Å². The van der Waals surface area contributed by atoms with E-state index in [2.05, 4.69) is 5.92 Å². The van der Waals surface area contributed by atoms with Crippen molar-refractivity contribution < 1.29 is 19.4 Å². The second kappa shape index (κ2) is 7.59. The lowest BCUT2D eigenvalue weighted by molar-refractivity contribution is -0.0609. The molecule has 5 nitrogen and oxygen atoms in total. The van der Waals surface area contributed by atoms with Crippen LogP contribution in [0.25, 0.3) is 0 Å². The molecule has 0 spiro atoms. The third-order valence-corrected chi connectivity index (χ3v) is 5.94. The number of rotatable bonds is 5. The summed E-state index contributed by atoms with van der Waals surface area (Å²) < 4.78 is 10.8. The summed E-state index contributed by atoms with van der Waals surface area (Å²) in [6.45, 7) is 3.47. The molecule has 0 bridgehead atoms. The molecule has 140 valence electrons. The van der Waals surface area contributed by atoms with E-state index in [1.807, 2.05) is 11.8 Å². The van der Waals surface area contributed by atoms with Crippen molar-refractivity contribution in [1.82, 2.24) is 4.90 Å². The number of fused-ring (bicyclic) bond motifs is 1. The average Bonchev–Trinajstić information content (AvgIpc) is 3.11. The van der Waals surface area contributed by atoms with Gasteiger partial charge in [-0.3, -0.25) is 4.79 Å². The monoisotopic (exact) mass is 357 g/mol. The van der Waals surface area contributed by atoms with Crippen molar-refractivity contribution in [3.8, 4) is 23.8 Å². The van der Waals surface area contributed by atoms with Gasteiger partial charge in [-0.05, 0) is 43.4 Å². The zero-order valence-corrected chi connectivity index (χ0v) is 15.5. The van der Waals surface area contributed by atoms with Crippen molar-refractivity contribution in [2.24, 2.45) is 11.8 Å². The van der Waals surface area contributed by atoms with Crippen LogP contribution in [0.1, 0.15) is 43.0 Å². The molecule has 2 aliphatic rings. The van der Waals surface area contributed by atoms with Gasteiger partial charge in [0.15, 0.2) is 11.5 Å². The van der Waals surface area contributed by atoms with Crippen molar-refractivity contribution in [1.29, 1.82) is 0 Å². The van der Waals surface area contributed by atoms with Crippen LogP contribution in [0.15, 0.2) is 18.2 Å². The number of aliphatic hydroxyl groups is 1. The molecule has 1 N–H and O–H groups in total. The Morgan fingerprint density at radius 1 is 1.42 bits per heavy atom. The zero-order valence-electron chi connectivity index (χ0n) is 15.5. The van der Waals surface area contributed by atoms with Gasteiger partial charge in [0.25, 0.3) is 5.91 Å².